The molecule has 1 aromatic rings. The molecule has 1 aromatic carbocycles. The topological polar surface area (TPSA) is 117 Å². The third-order valence-electron chi connectivity index (χ3n) is 3.47. The summed E-state index contributed by atoms with van der Waals surface area (Å²) in [7, 11) is 2.00. The van der Waals surface area contributed by atoms with Crippen molar-refractivity contribution in [3.05, 3.63) is 28.8 Å². The molecule has 0 saturated carbocycles. The Labute approximate surface area is 163 Å². The van der Waals surface area contributed by atoms with E-state index in [9.17, 15) is 9.59 Å². The molecule has 1 heterocycles. The summed E-state index contributed by atoms with van der Waals surface area (Å²) in [5.74, 6) is -1.02. The number of piperazine rings is 1. The molecule has 0 aliphatic carbocycles. The third-order valence-corrected chi connectivity index (χ3v) is 3.71. The predicted molar refractivity (Wildman–Crippen MR) is 104 cm³/mol. The van der Waals surface area contributed by atoms with Crippen molar-refractivity contribution in [2.45, 2.75) is 0 Å². The summed E-state index contributed by atoms with van der Waals surface area (Å²) in [6.07, 6.45) is 0. The van der Waals surface area contributed by atoms with Crippen LogP contribution in [0.2, 0.25) is 5.02 Å². The lowest BCUT2D eigenvalue weighted by molar-refractivity contribution is 0.100. The number of carbonyl (C=O) groups excluding carboxylic acids is 2. The molecule has 1 aliphatic rings. The van der Waals surface area contributed by atoms with Gasteiger partial charge in [0.15, 0.2) is 5.96 Å². The summed E-state index contributed by atoms with van der Waals surface area (Å²) in [4.78, 5) is 31.7. The van der Waals surface area contributed by atoms with Gasteiger partial charge in [-0.1, -0.05) is 11.6 Å². The number of amides is 3. The lowest BCUT2D eigenvalue weighted by Crippen LogP contribution is -2.48. The summed E-state index contributed by atoms with van der Waals surface area (Å²) in [5.41, 5.74) is 10.9. The van der Waals surface area contributed by atoms with E-state index in [2.05, 4.69) is 15.2 Å². The summed E-state index contributed by atoms with van der Waals surface area (Å²) >= 11 is 5.91. The number of nitrogens with zero attached hydrogens (tertiary/aromatic N) is 3. The summed E-state index contributed by atoms with van der Waals surface area (Å²) in [6, 6.07) is 4.26. The Morgan fingerprint density at radius 1 is 1.16 bits per heavy atom. The normalized spacial score (nSPS) is 13.9. The molecule has 0 atom stereocenters. The molecular weight excluding hydrogens is 391 g/mol. The quantitative estimate of drug-likeness (QED) is 0.502. The number of guanidine groups is 1. The van der Waals surface area contributed by atoms with Gasteiger partial charge >= 0.3 is 6.03 Å². The van der Waals surface area contributed by atoms with Crippen molar-refractivity contribution < 1.29 is 9.59 Å². The van der Waals surface area contributed by atoms with Crippen molar-refractivity contribution in [1.29, 1.82) is 0 Å². The van der Waals surface area contributed by atoms with Crippen LogP contribution in [0.1, 0.15) is 10.4 Å². The second-order valence-electron chi connectivity index (χ2n) is 5.25. The lowest BCUT2D eigenvalue weighted by atomic mass is 10.1. The summed E-state index contributed by atoms with van der Waals surface area (Å²) in [6.45, 7) is 2.84. The number of rotatable bonds is 2. The number of benzene rings is 1. The third kappa shape index (κ3) is 6.58. The molecule has 8 nitrogen and oxygen atoms in total. The van der Waals surface area contributed by atoms with E-state index >= 15 is 0 Å². The second kappa shape index (κ2) is 10.3. The number of anilines is 1. The van der Waals surface area contributed by atoms with E-state index in [1.807, 2.05) is 7.05 Å². The van der Waals surface area contributed by atoms with E-state index < -0.39 is 5.91 Å². The first-order chi connectivity index (χ1) is 10.9. The van der Waals surface area contributed by atoms with Crippen LogP contribution in [0.5, 0.6) is 0 Å². The van der Waals surface area contributed by atoms with Crippen molar-refractivity contribution in [2.75, 3.05) is 38.5 Å². The first-order valence-corrected chi connectivity index (χ1v) is 7.42. The molecular formula is C14H21Cl3N6O2. The van der Waals surface area contributed by atoms with E-state index in [4.69, 9.17) is 23.1 Å². The minimum atomic E-state index is -0.666. The van der Waals surface area contributed by atoms with Crippen LogP contribution in [0.4, 0.5) is 10.5 Å². The largest absolute Gasteiger partial charge is 0.370 e. The van der Waals surface area contributed by atoms with Crippen LogP contribution in [0, 0.1) is 0 Å². The molecule has 140 valence electrons. The Morgan fingerprint density at radius 3 is 2.32 bits per heavy atom. The van der Waals surface area contributed by atoms with Crippen molar-refractivity contribution in [3.63, 3.8) is 0 Å². The molecule has 0 unspecified atom stereocenters. The van der Waals surface area contributed by atoms with Gasteiger partial charge in [-0.15, -0.1) is 24.8 Å². The Morgan fingerprint density at radius 2 is 1.76 bits per heavy atom. The molecule has 25 heavy (non-hydrogen) atoms. The van der Waals surface area contributed by atoms with E-state index in [1.165, 1.54) is 6.07 Å². The molecule has 0 spiro atoms. The smallest absolute Gasteiger partial charge is 0.321 e. The Bertz CT molecular complexity index is 643. The van der Waals surface area contributed by atoms with Gasteiger partial charge in [0.25, 0.3) is 5.91 Å². The first-order valence-electron chi connectivity index (χ1n) is 7.05. The number of halogens is 3. The SMILES string of the molecule is CN1CCN(C(=O)Nc2ccc(Cl)cc2C(=O)N=C(N)N)CC1.Cl.Cl. The molecule has 1 fully saturated rings. The van der Waals surface area contributed by atoms with Crippen molar-refractivity contribution in [1.82, 2.24) is 9.80 Å². The number of hydrogen-bond donors (Lipinski definition) is 3. The standard InChI is InChI=1S/C14H19ClN6O2.2ClH/c1-20-4-6-21(7-5-20)14(23)18-11-3-2-9(15)8-10(11)12(22)19-13(16)17;;/h2-3,8H,4-7H2,1H3,(H,18,23)(H4,16,17,19,22);2*1H. The van der Waals surface area contributed by atoms with Gasteiger partial charge in [0.1, 0.15) is 0 Å². The monoisotopic (exact) mass is 410 g/mol. The van der Waals surface area contributed by atoms with E-state index in [-0.39, 0.29) is 42.4 Å². The van der Waals surface area contributed by atoms with Gasteiger partial charge < -0.3 is 26.6 Å². The van der Waals surface area contributed by atoms with Crippen LogP contribution >= 0.6 is 36.4 Å². The van der Waals surface area contributed by atoms with E-state index in [0.717, 1.165) is 13.1 Å². The maximum absolute atomic E-state index is 12.3. The number of hydrogen-bond acceptors (Lipinski definition) is 3. The van der Waals surface area contributed by atoms with Crippen LogP contribution in [-0.4, -0.2) is 60.9 Å². The van der Waals surface area contributed by atoms with Gasteiger partial charge in [-0.2, -0.15) is 4.99 Å². The fourth-order valence-corrected chi connectivity index (χ4v) is 2.36. The number of urea groups is 1. The highest BCUT2D eigenvalue weighted by atomic mass is 35.5. The molecule has 11 heteroatoms. The number of nitrogens with one attached hydrogen (secondary N) is 1. The molecule has 1 saturated heterocycles. The average Bonchev–Trinajstić information content (AvgIpc) is 2.49. The minimum Gasteiger partial charge on any atom is -0.370 e. The summed E-state index contributed by atoms with van der Waals surface area (Å²) in [5, 5.41) is 3.06. The van der Waals surface area contributed by atoms with Gasteiger partial charge in [0.05, 0.1) is 11.3 Å². The fraction of sp³-hybridized carbons (Fsp3) is 0.357. The molecule has 0 bridgehead atoms. The van der Waals surface area contributed by atoms with Gasteiger partial charge in [0, 0.05) is 31.2 Å². The predicted octanol–water partition coefficient (Wildman–Crippen LogP) is 1.38. The van der Waals surface area contributed by atoms with Gasteiger partial charge in [0.2, 0.25) is 0 Å². The maximum Gasteiger partial charge on any atom is 0.321 e. The van der Waals surface area contributed by atoms with Crippen LogP contribution in [-0.2, 0) is 0 Å². The molecule has 0 radical (unpaired) electrons. The van der Waals surface area contributed by atoms with Crippen LogP contribution in [0.3, 0.4) is 0 Å². The molecule has 3 amide bonds. The summed E-state index contributed by atoms with van der Waals surface area (Å²) < 4.78 is 0. The van der Waals surface area contributed by atoms with Crippen LogP contribution < -0.4 is 16.8 Å². The zero-order chi connectivity index (χ0) is 17.0. The highest BCUT2D eigenvalue weighted by Crippen LogP contribution is 2.22. The van der Waals surface area contributed by atoms with E-state index in [0.29, 0.717) is 23.8 Å². The number of aliphatic imine (C=N–C) groups is 1. The molecule has 1 aliphatic heterocycles. The maximum atomic E-state index is 12.3. The number of nitrogens with two attached hydrogens (primary N) is 2. The highest BCUT2D eigenvalue weighted by molar-refractivity contribution is 6.31. The van der Waals surface area contributed by atoms with E-state index in [1.54, 1.807) is 17.0 Å². The van der Waals surface area contributed by atoms with Gasteiger partial charge in [-0.25, -0.2) is 4.79 Å². The fourth-order valence-electron chi connectivity index (χ4n) is 2.18. The van der Waals surface area contributed by atoms with Crippen molar-refractivity contribution in [2.24, 2.45) is 16.5 Å². The minimum absolute atomic E-state index is 0. The van der Waals surface area contributed by atoms with Crippen molar-refractivity contribution >= 4 is 60.0 Å². The highest BCUT2D eigenvalue weighted by Gasteiger charge is 2.21. The van der Waals surface area contributed by atoms with Gasteiger partial charge in [-0.05, 0) is 25.2 Å². The Hall–Kier alpha value is -1.74. The van der Waals surface area contributed by atoms with Gasteiger partial charge in [-0.3, -0.25) is 4.79 Å². The average molecular weight is 412 g/mol. The molecule has 0 aromatic heterocycles. The first kappa shape index (κ1) is 23.3. The zero-order valence-corrected chi connectivity index (χ0v) is 16.0. The van der Waals surface area contributed by atoms with Crippen molar-refractivity contribution in [3.8, 4) is 0 Å². The van der Waals surface area contributed by atoms with Crippen LogP contribution in [0.25, 0.3) is 0 Å². The second-order valence-corrected chi connectivity index (χ2v) is 5.69. The zero-order valence-electron chi connectivity index (χ0n) is 13.6. The van der Waals surface area contributed by atoms with Crippen LogP contribution in [0.15, 0.2) is 23.2 Å². The molecule has 5 N–H and O–H groups in total. The molecule has 2 rings (SSSR count). The lowest BCUT2D eigenvalue weighted by Gasteiger charge is -2.32. The Balaban J connectivity index is 0.00000288. The number of carbonyl (C=O) groups is 2. The number of likely N-dealkylation sites (N-methyl/N-ethyl adjacent to an activating group) is 1. The Kier molecular flexibility index (Phi) is 9.58.